The van der Waals surface area contributed by atoms with Crippen molar-refractivity contribution in [3.63, 3.8) is 0 Å². The lowest BCUT2D eigenvalue weighted by molar-refractivity contribution is -0.137. The molecule has 4 rings (SSSR count). The van der Waals surface area contributed by atoms with E-state index >= 15 is 0 Å². The number of aromatic nitrogens is 4. The van der Waals surface area contributed by atoms with Crippen molar-refractivity contribution in [2.45, 2.75) is 32.6 Å². The first kappa shape index (κ1) is 22.3. The molecular weight excluding hydrogens is 427 g/mol. The van der Waals surface area contributed by atoms with Gasteiger partial charge in [-0.15, -0.1) is 0 Å². The molecule has 8 nitrogen and oxygen atoms in total. The molecule has 0 aliphatic carbocycles. The fraction of sp³-hybridized carbons (Fsp3) is 0.476. The Kier molecular flexibility index (Phi) is 6.20. The molecule has 3 aromatic rings. The number of H-pyrrole nitrogens is 1. The number of nitrogens with one attached hydrogen (secondary N) is 1. The van der Waals surface area contributed by atoms with Gasteiger partial charge in [-0.3, -0.25) is 19.2 Å². The highest BCUT2D eigenvalue weighted by atomic mass is 19.4. The Balaban J connectivity index is 1.88. The number of aryl methyl sites for hydroxylation is 1. The van der Waals surface area contributed by atoms with Crippen molar-refractivity contribution >= 4 is 11.2 Å². The zero-order valence-electron chi connectivity index (χ0n) is 17.6. The summed E-state index contributed by atoms with van der Waals surface area (Å²) < 4.78 is 48.3. The van der Waals surface area contributed by atoms with Gasteiger partial charge in [-0.2, -0.15) is 13.2 Å². The molecule has 1 aliphatic heterocycles. The Morgan fingerprint density at radius 1 is 1.09 bits per heavy atom. The lowest BCUT2D eigenvalue weighted by Crippen LogP contribution is -2.38. The number of morpholine rings is 1. The second-order valence-electron chi connectivity index (χ2n) is 7.70. The lowest BCUT2D eigenvalue weighted by Gasteiger charge is -2.26. The van der Waals surface area contributed by atoms with Crippen LogP contribution in [-0.4, -0.2) is 56.9 Å². The van der Waals surface area contributed by atoms with Crippen LogP contribution < -0.4 is 11.2 Å². The van der Waals surface area contributed by atoms with Crippen molar-refractivity contribution < 1.29 is 17.9 Å². The van der Waals surface area contributed by atoms with E-state index in [0.717, 1.165) is 25.2 Å². The van der Waals surface area contributed by atoms with E-state index < -0.39 is 23.0 Å². The molecule has 172 valence electrons. The molecule has 0 bridgehead atoms. The number of benzene rings is 1. The van der Waals surface area contributed by atoms with Crippen LogP contribution in [0, 0.1) is 0 Å². The smallest absolute Gasteiger partial charge is 0.379 e. The molecule has 0 radical (unpaired) electrons. The van der Waals surface area contributed by atoms with Crippen LogP contribution in [-0.2, 0) is 24.0 Å². The van der Waals surface area contributed by atoms with Crippen molar-refractivity contribution in [1.82, 2.24) is 24.0 Å². The van der Waals surface area contributed by atoms with E-state index in [2.05, 4.69) is 14.9 Å². The van der Waals surface area contributed by atoms with Gasteiger partial charge in [0.05, 0.1) is 18.8 Å². The molecule has 1 aliphatic rings. The summed E-state index contributed by atoms with van der Waals surface area (Å²) in [6.07, 6.45) is -3.89. The topological polar surface area (TPSA) is 85.2 Å². The minimum absolute atomic E-state index is 0.176. The van der Waals surface area contributed by atoms with Gasteiger partial charge >= 0.3 is 11.9 Å². The number of aromatic amines is 1. The fourth-order valence-corrected chi connectivity index (χ4v) is 3.94. The maximum atomic E-state index is 13.3. The third-order valence-corrected chi connectivity index (χ3v) is 5.52. The summed E-state index contributed by atoms with van der Waals surface area (Å²) in [6, 6.07) is 4.85. The average molecular weight is 451 g/mol. The number of halogens is 3. The molecule has 0 spiro atoms. The average Bonchev–Trinajstić information content (AvgIpc) is 3.15. The predicted octanol–water partition coefficient (Wildman–Crippen LogP) is 2.31. The van der Waals surface area contributed by atoms with Gasteiger partial charge in [-0.25, -0.2) is 9.78 Å². The number of fused-ring (bicyclic) bond motifs is 1. The summed E-state index contributed by atoms with van der Waals surface area (Å²) >= 11 is 0. The summed E-state index contributed by atoms with van der Waals surface area (Å²) in [7, 11) is 0. The number of imidazole rings is 1. The van der Waals surface area contributed by atoms with Gasteiger partial charge in [-0.1, -0.05) is 19.1 Å². The zero-order valence-corrected chi connectivity index (χ0v) is 17.6. The van der Waals surface area contributed by atoms with E-state index in [1.807, 2.05) is 6.92 Å². The van der Waals surface area contributed by atoms with E-state index in [-0.39, 0.29) is 22.6 Å². The lowest BCUT2D eigenvalue weighted by atomic mass is 10.1. The molecule has 1 aromatic carbocycles. The van der Waals surface area contributed by atoms with Gasteiger partial charge < -0.3 is 9.30 Å². The van der Waals surface area contributed by atoms with Crippen molar-refractivity contribution in [3.8, 4) is 11.4 Å². The summed E-state index contributed by atoms with van der Waals surface area (Å²) in [4.78, 5) is 34.1. The number of hydrogen-bond acceptors (Lipinski definition) is 5. The third kappa shape index (κ3) is 4.35. The molecule has 0 amide bonds. The van der Waals surface area contributed by atoms with Gasteiger partial charge in [0.25, 0.3) is 5.56 Å². The second-order valence-corrected chi connectivity index (χ2v) is 7.70. The minimum Gasteiger partial charge on any atom is -0.379 e. The van der Waals surface area contributed by atoms with Crippen LogP contribution in [0.1, 0.15) is 18.9 Å². The Bertz CT molecular complexity index is 1220. The minimum atomic E-state index is -4.51. The van der Waals surface area contributed by atoms with E-state index in [1.165, 1.54) is 16.7 Å². The molecule has 0 atom stereocenters. The highest BCUT2D eigenvalue weighted by Gasteiger charge is 2.31. The first-order valence-electron chi connectivity index (χ1n) is 10.5. The first-order valence-corrected chi connectivity index (χ1v) is 10.5. The van der Waals surface area contributed by atoms with Crippen LogP contribution in [0.2, 0.25) is 0 Å². The number of nitrogens with zero attached hydrogens (tertiary/aromatic N) is 4. The Morgan fingerprint density at radius 3 is 2.53 bits per heavy atom. The molecular formula is C21H24F3N5O3. The number of hydrogen-bond donors (Lipinski definition) is 1. The highest BCUT2D eigenvalue weighted by Crippen LogP contribution is 2.32. The van der Waals surface area contributed by atoms with E-state index in [9.17, 15) is 22.8 Å². The van der Waals surface area contributed by atoms with E-state index in [1.54, 1.807) is 4.57 Å². The molecule has 3 heterocycles. The molecule has 32 heavy (non-hydrogen) atoms. The van der Waals surface area contributed by atoms with Crippen LogP contribution >= 0.6 is 0 Å². The van der Waals surface area contributed by atoms with Gasteiger partial charge in [0, 0.05) is 38.3 Å². The molecule has 0 unspecified atom stereocenters. The molecule has 1 saturated heterocycles. The van der Waals surface area contributed by atoms with Crippen LogP contribution in [0.4, 0.5) is 13.2 Å². The second kappa shape index (κ2) is 8.91. The molecule has 1 fully saturated rings. The van der Waals surface area contributed by atoms with E-state index in [0.29, 0.717) is 39.3 Å². The van der Waals surface area contributed by atoms with Crippen molar-refractivity contribution in [2.24, 2.45) is 0 Å². The van der Waals surface area contributed by atoms with Gasteiger partial charge in [-0.05, 0) is 18.6 Å². The van der Waals surface area contributed by atoms with Crippen molar-refractivity contribution in [1.29, 1.82) is 0 Å². The summed E-state index contributed by atoms with van der Waals surface area (Å²) in [6.45, 7) is 5.75. The van der Waals surface area contributed by atoms with Gasteiger partial charge in [0.2, 0.25) is 0 Å². The Morgan fingerprint density at radius 2 is 1.84 bits per heavy atom. The third-order valence-electron chi connectivity index (χ3n) is 5.52. The summed E-state index contributed by atoms with van der Waals surface area (Å²) in [5.41, 5.74) is -1.41. The molecule has 2 aromatic heterocycles. The number of alkyl halides is 3. The SMILES string of the molecule is CCCn1c(=O)[nH]c(=O)c2c1nc(-c1cccc(C(F)(F)F)c1)n2CCN1CCOCC1. The van der Waals surface area contributed by atoms with Gasteiger partial charge in [0.15, 0.2) is 11.2 Å². The zero-order chi connectivity index (χ0) is 22.9. The van der Waals surface area contributed by atoms with Crippen LogP contribution in [0.25, 0.3) is 22.6 Å². The van der Waals surface area contributed by atoms with Crippen molar-refractivity contribution in [2.75, 3.05) is 32.8 Å². The van der Waals surface area contributed by atoms with E-state index in [4.69, 9.17) is 4.74 Å². The summed E-state index contributed by atoms with van der Waals surface area (Å²) in [5.74, 6) is 0.223. The van der Waals surface area contributed by atoms with Crippen LogP contribution in [0.15, 0.2) is 33.9 Å². The maximum absolute atomic E-state index is 13.3. The fourth-order valence-electron chi connectivity index (χ4n) is 3.94. The first-order chi connectivity index (χ1) is 15.3. The Labute approximate surface area is 181 Å². The molecule has 11 heteroatoms. The normalized spacial score (nSPS) is 15.5. The number of ether oxygens (including phenoxy) is 1. The van der Waals surface area contributed by atoms with Gasteiger partial charge in [0.1, 0.15) is 5.82 Å². The monoisotopic (exact) mass is 451 g/mol. The van der Waals surface area contributed by atoms with Crippen LogP contribution in [0.5, 0.6) is 0 Å². The standard InChI is InChI=1S/C21H24F3N5O3/c1-2-6-29-18-16(19(30)26-20(29)31)28(8-7-27-9-11-32-12-10-27)17(25-18)14-4-3-5-15(13-14)21(22,23)24/h3-5,13H,2,6-12H2,1H3,(H,26,30,31). The predicted molar refractivity (Wildman–Crippen MR) is 113 cm³/mol. The molecule has 1 N–H and O–H groups in total. The quantitative estimate of drug-likeness (QED) is 0.622. The highest BCUT2D eigenvalue weighted by molar-refractivity contribution is 5.77. The number of rotatable bonds is 6. The van der Waals surface area contributed by atoms with Crippen LogP contribution in [0.3, 0.4) is 0 Å². The summed E-state index contributed by atoms with van der Waals surface area (Å²) in [5, 5.41) is 0. The molecule has 0 saturated carbocycles. The largest absolute Gasteiger partial charge is 0.416 e. The van der Waals surface area contributed by atoms with Crippen molar-refractivity contribution in [3.05, 3.63) is 50.7 Å². The Hall–Kier alpha value is -2.92. The maximum Gasteiger partial charge on any atom is 0.416 e.